The standard InChI is InChI=1S/C22H42N4O5S/c1-7-16(2)18(25-21(29)31-22(3,4)5)20(28)24-17(8-15-32-6)19(27)23-9-10-26-11-13-30-14-12-26/h16-18H,7-15H2,1-6H3,(H,23,27)(H,24,28)(H,25,29)/t16-,17-,18-/m0/s1. The van der Waals surface area contributed by atoms with E-state index in [4.69, 9.17) is 9.47 Å². The van der Waals surface area contributed by atoms with Gasteiger partial charge in [0, 0.05) is 26.2 Å². The van der Waals surface area contributed by atoms with Gasteiger partial charge in [-0.05, 0) is 45.1 Å². The lowest BCUT2D eigenvalue weighted by Gasteiger charge is -2.28. The van der Waals surface area contributed by atoms with Crippen molar-refractivity contribution in [3.63, 3.8) is 0 Å². The molecule has 1 aliphatic heterocycles. The maximum absolute atomic E-state index is 13.1. The van der Waals surface area contributed by atoms with Crippen LogP contribution in [0.1, 0.15) is 47.5 Å². The SMILES string of the molecule is CC[C@H](C)[C@H](NC(=O)OC(C)(C)C)C(=O)N[C@@H](CCSC)C(=O)NCCN1CCOCC1. The molecule has 186 valence electrons. The van der Waals surface area contributed by atoms with E-state index < -0.39 is 23.8 Å². The molecule has 0 unspecified atom stereocenters. The quantitative estimate of drug-likeness (QED) is 0.394. The molecule has 1 saturated heterocycles. The van der Waals surface area contributed by atoms with Crippen LogP contribution in [0.3, 0.4) is 0 Å². The van der Waals surface area contributed by atoms with E-state index in [0.29, 0.717) is 32.6 Å². The molecule has 1 fully saturated rings. The van der Waals surface area contributed by atoms with Crippen LogP contribution < -0.4 is 16.0 Å². The molecule has 0 radical (unpaired) electrons. The van der Waals surface area contributed by atoms with Crippen molar-refractivity contribution in [1.82, 2.24) is 20.9 Å². The van der Waals surface area contributed by atoms with Gasteiger partial charge >= 0.3 is 6.09 Å². The first-order chi connectivity index (χ1) is 15.1. The van der Waals surface area contributed by atoms with Crippen molar-refractivity contribution < 1.29 is 23.9 Å². The molecular formula is C22H42N4O5S. The topological polar surface area (TPSA) is 109 Å². The zero-order chi connectivity index (χ0) is 24.1. The van der Waals surface area contributed by atoms with Gasteiger partial charge in [0.2, 0.25) is 11.8 Å². The predicted octanol–water partition coefficient (Wildman–Crippen LogP) is 1.61. The summed E-state index contributed by atoms with van der Waals surface area (Å²) in [6.45, 7) is 13.5. The van der Waals surface area contributed by atoms with Crippen LogP contribution >= 0.6 is 11.8 Å². The Balaban J connectivity index is 2.71. The fourth-order valence-corrected chi connectivity index (χ4v) is 3.66. The van der Waals surface area contributed by atoms with E-state index in [-0.39, 0.29) is 17.7 Å². The van der Waals surface area contributed by atoms with Crippen LogP contribution in [0.15, 0.2) is 0 Å². The molecule has 1 rings (SSSR count). The van der Waals surface area contributed by atoms with Crippen molar-refractivity contribution >= 4 is 29.7 Å². The van der Waals surface area contributed by atoms with Gasteiger partial charge in [0.25, 0.3) is 0 Å². The molecule has 3 amide bonds. The van der Waals surface area contributed by atoms with Gasteiger partial charge in [-0.3, -0.25) is 14.5 Å². The van der Waals surface area contributed by atoms with Gasteiger partial charge in [-0.1, -0.05) is 20.3 Å². The molecule has 3 atom stereocenters. The van der Waals surface area contributed by atoms with Crippen molar-refractivity contribution in [2.75, 3.05) is 51.4 Å². The predicted molar refractivity (Wildman–Crippen MR) is 128 cm³/mol. The van der Waals surface area contributed by atoms with Crippen molar-refractivity contribution in [2.24, 2.45) is 5.92 Å². The van der Waals surface area contributed by atoms with Crippen LogP contribution in [-0.4, -0.2) is 91.9 Å². The molecule has 1 aliphatic rings. The Bertz CT molecular complexity index is 593. The number of hydrogen-bond donors (Lipinski definition) is 3. The Hall–Kier alpha value is -1.52. The van der Waals surface area contributed by atoms with Gasteiger partial charge in [0.1, 0.15) is 17.7 Å². The van der Waals surface area contributed by atoms with Crippen molar-refractivity contribution in [3.05, 3.63) is 0 Å². The first-order valence-electron chi connectivity index (χ1n) is 11.4. The molecule has 0 aliphatic carbocycles. The number of rotatable bonds is 12. The highest BCUT2D eigenvalue weighted by Crippen LogP contribution is 2.12. The van der Waals surface area contributed by atoms with Gasteiger partial charge < -0.3 is 25.4 Å². The summed E-state index contributed by atoms with van der Waals surface area (Å²) >= 11 is 1.61. The molecule has 0 spiro atoms. The zero-order valence-corrected chi connectivity index (χ0v) is 21.3. The lowest BCUT2D eigenvalue weighted by molar-refractivity contribution is -0.130. The van der Waals surface area contributed by atoms with Crippen molar-refractivity contribution in [1.29, 1.82) is 0 Å². The average molecular weight is 475 g/mol. The number of morpholine rings is 1. The van der Waals surface area contributed by atoms with Gasteiger partial charge in [-0.25, -0.2) is 4.79 Å². The summed E-state index contributed by atoms with van der Waals surface area (Å²) in [5.41, 5.74) is -0.665. The molecule has 0 aromatic heterocycles. The van der Waals surface area contributed by atoms with Crippen LogP contribution in [-0.2, 0) is 19.1 Å². The number of amides is 3. The smallest absolute Gasteiger partial charge is 0.408 e. The van der Waals surface area contributed by atoms with Crippen LogP contribution in [0.2, 0.25) is 0 Å². The Morgan fingerprint density at radius 1 is 1.12 bits per heavy atom. The summed E-state index contributed by atoms with van der Waals surface area (Å²) in [6.07, 6.45) is 2.51. The largest absolute Gasteiger partial charge is 0.444 e. The molecule has 10 heteroatoms. The summed E-state index contributed by atoms with van der Waals surface area (Å²) in [6, 6.07) is -1.44. The zero-order valence-electron chi connectivity index (χ0n) is 20.5. The van der Waals surface area contributed by atoms with E-state index in [9.17, 15) is 14.4 Å². The fraction of sp³-hybridized carbons (Fsp3) is 0.864. The number of ether oxygens (including phenoxy) is 2. The highest BCUT2D eigenvalue weighted by molar-refractivity contribution is 7.98. The summed E-state index contributed by atoms with van der Waals surface area (Å²) < 4.78 is 10.7. The average Bonchev–Trinajstić information content (AvgIpc) is 2.73. The van der Waals surface area contributed by atoms with Gasteiger partial charge in [-0.15, -0.1) is 0 Å². The minimum atomic E-state index is -0.784. The minimum absolute atomic E-state index is 0.117. The van der Waals surface area contributed by atoms with Crippen LogP contribution in [0.25, 0.3) is 0 Å². The number of nitrogens with zero attached hydrogens (tertiary/aromatic N) is 1. The second kappa shape index (κ2) is 14.6. The first kappa shape index (κ1) is 28.5. The Labute approximate surface area is 197 Å². The number of thioether (sulfide) groups is 1. The maximum atomic E-state index is 13.1. The van der Waals surface area contributed by atoms with Crippen molar-refractivity contribution in [3.8, 4) is 0 Å². The van der Waals surface area contributed by atoms with Gasteiger partial charge in [-0.2, -0.15) is 11.8 Å². The van der Waals surface area contributed by atoms with E-state index >= 15 is 0 Å². The lowest BCUT2D eigenvalue weighted by Crippen LogP contribution is -2.56. The molecule has 0 aromatic carbocycles. The van der Waals surface area contributed by atoms with E-state index in [0.717, 1.165) is 25.4 Å². The molecule has 0 bridgehead atoms. The molecule has 9 nitrogen and oxygen atoms in total. The third-order valence-corrected chi connectivity index (χ3v) is 5.89. The normalized spacial score (nSPS) is 17.7. The van der Waals surface area contributed by atoms with Crippen LogP contribution in [0.5, 0.6) is 0 Å². The minimum Gasteiger partial charge on any atom is -0.444 e. The first-order valence-corrected chi connectivity index (χ1v) is 12.8. The molecule has 3 N–H and O–H groups in total. The monoisotopic (exact) mass is 474 g/mol. The Morgan fingerprint density at radius 3 is 2.34 bits per heavy atom. The highest BCUT2D eigenvalue weighted by atomic mass is 32.2. The van der Waals surface area contributed by atoms with E-state index in [1.807, 2.05) is 20.1 Å². The molecule has 1 heterocycles. The molecule has 0 saturated carbocycles. The number of hydrogen-bond acceptors (Lipinski definition) is 7. The Kier molecular flexibility index (Phi) is 13.0. The van der Waals surface area contributed by atoms with Gasteiger partial charge in [0.15, 0.2) is 0 Å². The molecule has 0 aromatic rings. The number of nitrogens with one attached hydrogen (secondary N) is 3. The summed E-state index contributed by atoms with van der Waals surface area (Å²) in [4.78, 5) is 40.4. The molecular weight excluding hydrogens is 432 g/mol. The lowest BCUT2D eigenvalue weighted by atomic mass is 9.98. The second-order valence-corrected chi connectivity index (χ2v) is 10.1. The van der Waals surface area contributed by atoms with E-state index in [2.05, 4.69) is 20.9 Å². The summed E-state index contributed by atoms with van der Waals surface area (Å²) in [5, 5.41) is 8.48. The maximum Gasteiger partial charge on any atom is 0.408 e. The number of carbonyl (C=O) groups is 3. The number of alkyl carbamates (subject to hydrolysis) is 1. The third-order valence-electron chi connectivity index (χ3n) is 5.24. The number of carbonyl (C=O) groups excluding carboxylic acids is 3. The van der Waals surface area contributed by atoms with Crippen LogP contribution in [0, 0.1) is 5.92 Å². The second-order valence-electron chi connectivity index (χ2n) is 9.10. The van der Waals surface area contributed by atoms with Gasteiger partial charge in [0.05, 0.1) is 13.2 Å². The summed E-state index contributed by atoms with van der Waals surface area (Å²) in [7, 11) is 0. The summed E-state index contributed by atoms with van der Waals surface area (Å²) in [5.74, 6) is 0.0311. The molecule has 32 heavy (non-hydrogen) atoms. The fourth-order valence-electron chi connectivity index (χ4n) is 3.19. The van der Waals surface area contributed by atoms with E-state index in [1.54, 1.807) is 32.5 Å². The third kappa shape index (κ3) is 11.4. The highest BCUT2D eigenvalue weighted by Gasteiger charge is 2.31. The van der Waals surface area contributed by atoms with E-state index in [1.165, 1.54) is 0 Å². The Morgan fingerprint density at radius 2 is 1.78 bits per heavy atom. The van der Waals surface area contributed by atoms with Crippen LogP contribution in [0.4, 0.5) is 4.79 Å². The van der Waals surface area contributed by atoms with Crippen molar-refractivity contribution in [2.45, 2.75) is 65.1 Å².